The molecule has 0 fully saturated rings. The topological polar surface area (TPSA) is 72.8 Å². The van der Waals surface area contributed by atoms with E-state index in [0.29, 0.717) is 0 Å². The van der Waals surface area contributed by atoms with Crippen LogP contribution in [0.2, 0.25) is 0 Å². The number of carboxylic acids is 1. The molecule has 0 radical (unpaired) electrons. The Hall–Kier alpha value is -1.10. The summed E-state index contributed by atoms with van der Waals surface area (Å²) in [5.74, 6) is -1.51. The zero-order valence-electron chi connectivity index (χ0n) is 7.78. The lowest BCUT2D eigenvalue weighted by Gasteiger charge is -2.09. The van der Waals surface area contributed by atoms with Gasteiger partial charge in [0.25, 0.3) is 0 Å². The van der Waals surface area contributed by atoms with Crippen LogP contribution in [0.25, 0.3) is 0 Å². The van der Waals surface area contributed by atoms with Crippen molar-refractivity contribution in [3.8, 4) is 0 Å². The highest BCUT2D eigenvalue weighted by molar-refractivity contribution is 5.76. The number of esters is 1. The van der Waals surface area contributed by atoms with Crippen LogP contribution in [0.15, 0.2) is 0 Å². The van der Waals surface area contributed by atoms with Gasteiger partial charge in [-0.3, -0.25) is 9.59 Å². The quantitative estimate of drug-likeness (QED) is 0.615. The van der Waals surface area contributed by atoms with Crippen LogP contribution in [0.3, 0.4) is 0 Å². The Bertz CT molecular complexity index is 177. The summed E-state index contributed by atoms with van der Waals surface area (Å²) < 4.78 is 9.55. The van der Waals surface area contributed by atoms with Crippen molar-refractivity contribution in [2.24, 2.45) is 0 Å². The summed E-state index contributed by atoms with van der Waals surface area (Å²) in [5, 5.41) is 8.25. The molecule has 0 rings (SSSR count). The van der Waals surface area contributed by atoms with E-state index in [1.54, 1.807) is 6.92 Å². The van der Waals surface area contributed by atoms with Crippen molar-refractivity contribution in [1.29, 1.82) is 0 Å². The smallest absolute Gasteiger partial charge is 0.306 e. The molecule has 0 saturated carbocycles. The van der Waals surface area contributed by atoms with Crippen LogP contribution < -0.4 is 0 Å². The third-order valence-corrected chi connectivity index (χ3v) is 1.42. The first-order valence-electron chi connectivity index (χ1n) is 3.96. The van der Waals surface area contributed by atoms with E-state index in [2.05, 4.69) is 0 Å². The molecule has 0 saturated heterocycles. The number of carbonyl (C=O) groups excluding carboxylic acids is 1. The Kier molecular flexibility index (Phi) is 5.88. The third kappa shape index (κ3) is 7.27. The lowest BCUT2D eigenvalue weighted by Crippen LogP contribution is -2.17. The molecular formula is C8H14O5. The fraction of sp³-hybridized carbons (Fsp3) is 0.750. The Balaban J connectivity index is 3.46. The second-order valence-corrected chi connectivity index (χ2v) is 2.62. The summed E-state index contributed by atoms with van der Waals surface area (Å²) in [6.07, 6.45) is -0.444. The maximum atomic E-state index is 10.8. The SMILES string of the molecule is COC(C)COC(=O)CCC(=O)O. The molecule has 13 heavy (non-hydrogen) atoms. The Morgan fingerprint density at radius 3 is 2.46 bits per heavy atom. The van der Waals surface area contributed by atoms with Crippen molar-refractivity contribution in [3.63, 3.8) is 0 Å². The first-order chi connectivity index (χ1) is 6.06. The number of carbonyl (C=O) groups is 2. The van der Waals surface area contributed by atoms with Crippen molar-refractivity contribution in [2.75, 3.05) is 13.7 Å². The van der Waals surface area contributed by atoms with Gasteiger partial charge in [0.1, 0.15) is 6.61 Å². The third-order valence-electron chi connectivity index (χ3n) is 1.42. The summed E-state index contributed by atoms with van der Waals surface area (Å²) in [7, 11) is 1.51. The van der Waals surface area contributed by atoms with Crippen LogP contribution in [0, 0.1) is 0 Å². The highest BCUT2D eigenvalue weighted by atomic mass is 16.6. The van der Waals surface area contributed by atoms with Gasteiger partial charge in [0.15, 0.2) is 0 Å². The number of rotatable bonds is 6. The van der Waals surface area contributed by atoms with Crippen molar-refractivity contribution < 1.29 is 24.2 Å². The molecule has 0 aliphatic carbocycles. The van der Waals surface area contributed by atoms with E-state index in [1.165, 1.54) is 7.11 Å². The monoisotopic (exact) mass is 190 g/mol. The number of carboxylic acid groups (broad SMARTS) is 1. The van der Waals surface area contributed by atoms with E-state index >= 15 is 0 Å². The number of hydrogen-bond donors (Lipinski definition) is 1. The van der Waals surface area contributed by atoms with Gasteiger partial charge in [0.2, 0.25) is 0 Å². The fourth-order valence-corrected chi connectivity index (χ4v) is 0.560. The molecule has 0 aromatic heterocycles. The second kappa shape index (κ2) is 6.42. The standard InChI is InChI=1S/C8H14O5/c1-6(12-2)5-13-8(11)4-3-7(9)10/h6H,3-5H2,1-2H3,(H,9,10). The summed E-state index contributed by atoms with van der Waals surface area (Å²) in [5.41, 5.74) is 0. The van der Waals surface area contributed by atoms with Crippen molar-refractivity contribution >= 4 is 11.9 Å². The molecule has 1 atom stereocenters. The van der Waals surface area contributed by atoms with Gasteiger partial charge in [-0.15, -0.1) is 0 Å². The first-order valence-corrected chi connectivity index (χ1v) is 3.96. The number of ether oxygens (including phenoxy) is 2. The van der Waals surface area contributed by atoms with Gasteiger partial charge in [-0.1, -0.05) is 0 Å². The van der Waals surface area contributed by atoms with Gasteiger partial charge in [-0.05, 0) is 6.92 Å². The largest absolute Gasteiger partial charge is 0.481 e. The molecule has 5 nitrogen and oxygen atoms in total. The molecule has 5 heteroatoms. The Labute approximate surface area is 76.6 Å². The fourth-order valence-electron chi connectivity index (χ4n) is 0.560. The number of aliphatic carboxylic acids is 1. The molecule has 0 bridgehead atoms. The van der Waals surface area contributed by atoms with Gasteiger partial charge < -0.3 is 14.6 Å². The van der Waals surface area contributed by atoms with Gasteiger partial charge in [0.05, 0.1) is 18.9 Å². The maximum absolute atomic E-state index is 10.8. The van der Waals surface area contributed by atoms with E-state index in [-0.39, 0.29) is 25.6 Å². The lowest BCUT2D eigenvalue weighted by atomic mass is 10.3. The summed E-state index contributed by atoms with van der Waals surface area (Å²) in [4.78, 5) is 20.9. The summed E-state index contributed by atoms with van der Waals surface area (Å²) in [6, 6.07) is 0. The van der Waals surface area contributed by atoms with Gasteiger partial charge in [-0.25, -0.2) is 0 Å². The summed E-state index contributed by atoms with van der Waals surface area (Å²) in [6.45, 7) is 1.92. The van der Waals surface area contributed by atoms with E-state index in [9.17, 15) is 9.59 Å². The predicted molar refractivity (Wildman–Crippen MR) is 44.3 cm³/mol. The van der Waals surface area contributed by atoms with Gasteiger partial charge in [0, 0.05) is 7.11 Å². The molecular weight excluding hydrogens is 176 g/mol. The molecule has 1 N–H and O–H groups in total. The van der Waals surface area contributed by atoms with Crippen LogP contribution in [0.1, 0.15) is 19.8 Å². The van der Waals surface area contributed by atoms with Crippen molar-refractivity contribution in [3.05, 3.63) is 0 Å². The van der Waals surface area contributed by atoms with Crippen LogP contribution in [0.5, 0.6) is 0 Å². The zero-order valence-corrected chi connectivity index (χ0v) is 7.78. The van der Waals surface area contributed by atoms with E-state index < -0.39 is 11.9 Å². The average molecular weight is 190 g/mol. The molecule has 0 aromatic rings. The molecule has 76 valence electrons. The van der Waals surface area contributed by atoms with Crippen LogP contribution in [0.4, 0.5) is 0 Å². The summed E-state index contributed by atoms with van der Waals surface area (Å²) >= 11 is 0. The molecule has 0 spiro atoms. The molecule has 0 aromatic carbocycles. The molecule has 0 amide bonds. The minimum absolute atomic E-state index is 0.0915. The highest BCUT2D eigenvalue weighted by Crippen LogP contribution is 1.95. The molecule has 0 heterocycles. The van der Waals surface area contributed by atoms with Gasteiger partial charge in [-0.2, -0.15) is 0 Å². The number of hydrogen-bond acceptors (Lipinski definition) is 4. The van der Waals surface area contributed by atoms with E-state index in [0.717, 1.165) is 0 Å². The first kappa shape index (κ1) is 11.9. The van der Waals surface area contributed by atoms with Crippen LogP contribution in [-0.2, 0) is 19.1 Å². The maximum Gasteiger partial charge on any atom is 0.306 e. The Morgan fingerprint density at radius 2 is 2.00 bits per heavy atom. The minimum atomic E-state index is -1.00. The average Bonchev–Trinajstić information content (AvgIpc) is 2.10. The molecule has 1 unspecified atom stereocenters. The number of methoxy groups -OCH3 is 1. The predicted octanol–water partition coefficient (Wildman–Crippen LogP) is 0.429. The van der Waals surface area contributed by atoms with Gasteiger partial charge >= 0.3 is 11.9 Å². The lowest BCUT2D eigenvalue weighted by molar-refractivity contribution is -0.150. The minimum Gasteiger partial charge on any atom is -0.481 e. The van der Waals surface area contributed by atoms with Crippen LogP contribution >= 0.6 is 0 Å². The normalized spacial score (nSPS) is 12.2. The Morgan fingerprint density at radius 1 is 1.38 bits per heavy atom. The van der Waals surface area contributed by atoms with E-state index in [4.69, 9.17) is 14.6 Å². The molecule has 0 aliphatic heterocycles. The zero-order chi connectivity index (χ0) is 10.3. The van der Waals surface area contributed by atoms with E-state index in [1.807, 2.05) is 0 Å². The highest BCUT2D eigenvalue weighted by Gasteiger charge is 2.08. The molecule has 0 aliphatic rings. The van der Waals surface area contributed by atoms with Crippen molar-refractivity contribution in [2.45, 2.75) is 25.9 Å². The van der Waals surface area contributed by atoms with Crippen molar-refractivity contribution in [1.82, 2.24) is 0 Å². The second-order valence-electron chi connectivity index (χ2n) is 2.62. The van der Waals surface area contributed by atoms with Crippen LogP contribution in [-0.4, -0.2) is 36.9 Å².